The first kappa shape index (κ1) is 14.2. The Morgan fingerprint density at radius 1 is 1.30 bits per heavy atom. The van der Waals surface area contributed by atoms with Gasteiger partial charge in [0.25, 0.3) is 0 Å². The van der Waals surface area contributed by atoms with Gasteiger partial charge in [0.2, 0.25) is 9.84 Å². The van der Waals surface area contributed by atoms with Crippen molar-refractivity contribution in [3.8, 4) is 6.07 Å². The van der Waals surface area contributed by atoms with Crippen molar-refractivity contribution in [2.75, 3.05) is 5.32 Å². The minimum absolute atomic E-state index is 0.103. The van der Waals surface area contributed by atoms with Crippen LogP contribution in [0.5, 0.6) is 0 Å². The molecule has 0 radical (unpaired) electrons. The Kier molecular flexibility index (Phi) is 4.17. The van der Waals surface area contributed by atoms with E-state index in [2.05, 4.69) is 5.32 Å². The molecule has 1 N–H and O–H groups in total. The Morgan fingerprint density at radius 3 is 2.55 bits per heavy atom. The number of benzene rings is 1. The lowest BCUT2D eigenvalue weighted by molar-refractivity contribution is 0.605. The Balaban J connectivity index is 2.27. The van der Waals surface area contributed by atoms with Gasteiger partial charge in [-0.3, -0.25) is 0 Å². The van der Waals surface area contributed by atoms with Crippen LogP contribution in [0.25, 0.3) is 0 Å². The van der Waals surface area contributed by atoms with Crippen molar-refractivity contribution in [2.45, 2.75) is 4.21 Å². The number of sulfone groups is 1. The summed E-state index contributed by atoms with van der Waals surface area (Å²) in [5.74, 6) is -0.397. The molecule has 1 aromatic heterocycles. The molecule has 0 aliphatic rings. The molecule has 0 unspecified atom stereocenters. The van der Waals surface area contributed by atoms with Crippen molar-refractivity contribution >= 4 is 26.9 Å². The minimum atomic E-state index is -3.80. The van der Waals surface area contributed by atoms with Crippen molar-refractivity contribution in [3.05, 3.63) is 58.7 Å². The van der Waals surface area contributed by atoms with Crippen LogP contribution in [0.1, 0.15) is 0 Å². The normalized spacial score (nSPS) is 11.9. The summed E-state index contributed by atoms with van der Waals surface area (Å²) in [5, 5.41) is 13.3. The lowest BCUT2D eigenvalue weighted by Gasteiger charge is -2.02. The molecular weight excluding hydrogens is 299 g/mol. The van der Waals surface area contributed by atoms with Crippen LogP contribution in [-0.2, 0) is 9.84 Å². The van der Waals surface area contributed by atoms with Gasteiger partial charge in [-0.15, -0.1) is 11.3 Å². The zero-order valence-corrected chi connectivity index (χ0v) is 11.7. The molecule has 0 saturated heterocycles. The predicted molar refractivity (Wildman–Crippen MR) is 75.2 cm³/mol. The SMILES string of the molecule is N#C/C(=C\Nc1ccc(F)cc1)S(=O)(=O)c1cccs1. The van der Waals surface area contributed by atoms with Crippen molar-refractivity contribution in [2.24, 2.45) is 0 Å². The van der Waals surface area contributed by atoms with Crippen LogP contribution in [-0.4, -0.2) is 8.42 Å². The number of allylic oxidation sites excluding steroid dienone is 1. The number of hydrogen-bond acceptors (Lipinski definition) is 5. The summed E-state index contributed by atoms with van der Waals surface area (Å²) in [6.45, 7) is 0. The van der Waals surface area contributed by atoms with E-state index in [1.54, 1.807) is 17.5 Å². The highest BCUT2D eigenvalue weighted by Crippen LogP contribution is 2.23. The maximum Gasteiger partial charge on any atom is 0.227 e. The van der Waals surface area contributed by atoms with E-state index < -0.39 is 20.6 Å². The number of anilines is 1. The Labute approximate surface area is 119 Å². The van der Waals surface area contributed by atoms with Crippen LogP contribution in [0.3, 0.4) is 0 Å². The molecule has 0 fully saturated rings. The summed E-state index contributed by atoms with van der Waals surface area (Å²) < 4.78 is 37.1. The molecule has 0 aliphatic heterocycles. The average Bonchev–Trinajstić information content (AvgIpc) is 2.96. The summed E-state index contributed by atoms with van der Waals surface area (Å²) in [4.78, 5) is -0.399. The second-order valence-corrected chi connectivity index (χ2v) is 6.80. The molecule has 7 heteroatoms. The smallest absolute Gasteiger partial charge is 0.227 e. The average molecular weight is 308 g/mol. The summed E-state index contributed by atoms with van der Waals surface area (Å²) in [6.07, 6.45) is 1.10. The van der Waals surface area contributed by atoms with Crippen molar-refractivity contribution in [1.82, 2.24) is 0 Å². The number of nitriles is 1. The largest absolute Gasteiger partial charge is 0.360 e. The molecule has 0 atom stereocenters. The molecule has 1 aromatic carbocycles. The molecule has 0 bridgehead atoms. The monoisotopic (exact) mass is 308 g/mol. The van der Waals surface area contributed by atoms with Gasteiger partial charge in [0.1, 0.15) is 16.1 Å². The topological polar surface area (TPSA) is 70.0 Å². The highest BCUT2D eigenvalue weighted by atomic mass is 32.2. The quantitative estimate of drug-likeness (QED) is 0.881. The number of halogens is 1. The van der Waals surface area contributed by atoms with Crippen molar-refractivity contribution in [1.29, 1.82) is 5.26 Å². The molecule has 2 aromatic rings. The Hall–Kier alpha value is -2.17. The molecule has 1 heterocycles. The van der Waals surface area contributed by atoms with E-state index in [1.807, 2.05) is 0 Å². The van der Waals surface area contributed by atoms with Gasteiger partial charge in [-0.2, -0.15) is 5.26 Å². The molecule has 0 aliphatic carbocycles. The van der Waals surface area contributed by atoms with Crippen LogP contribution in [0.2, 0.25) is 0 Å². The van der Waals surface area contributed by atoms with E-state index >= 15 is 0 Å². The first-order valence-corrected chi connectivity index (χ1v) is 7.81. The van der Waals surface area contributed by atoms with Crippen molar-refractivity contribution in [3.63, 3.8) is 0 Å². The first-order valence-electron chi connectivity index (χ1n) is 5.45. The van der Waals surface area contributed by atoms with E-state index in [1.165, 1.54) is 30.3 Å². The third kappa shape index (κ3) is 3.04. The first-order chi connectivity index (χ1) is 9.54. The highest BCUT2D eigenvalue weighted by Gasteiger charge is 2.21. The Bertz CT molecular complexity index is 758. The van der Waals surface area contributed by atoms with Gasteiger partial charge in [0.05, 0.1) is 0 Å². The number of nitrogens with one attached hydrogen (secondary N) is 1. The van der Waals surface area contributed by atoms with E-state index in [-0.39, 0.29) is 4.21 Å². The zero-order chi connectivity index (χ0) is 14.6. The Morgan fingerprint density at radius 2 is 2.00 bits per heavy atom. The van der Waals surface area contributed by atoms with Gasteiger partial charge >= 0.3 is 0 Å². The lowest BCUT2D eigenvalue weighted by atomic mass is 10.3. The van der Waals surface area contributed by atoms with E-state index in [4.69, 9.17) is 5.26 Å². The van der Waals surface area contributed by atoms with E-state index in [0.717, 1.165) is 17.5 Å². The summed E-state index contributed by atoms with van der Waals surface area (Å²) >= 11 is 1.04. The third-order valence-electron chi connectivity index (χ3n) is 2.37. The fourth-order valence-corrected chi connectivity index (χ4v) is 3.59. The van der Waals surface area contributed by atoms with Crippen LogP contribution in [0.4, 0.5) is 10.1 Å². The number of nitrogens with zero attached hydrogens (tertiary/aromatic N) is 1. The van der Waals surface area contributed by atoms with E-state index in [9.17, 15) is 12.8 Å². The highest BCUT2D eigenvalue weighted by molar-refractivity contribution is 7.97. The standard InChI is InChI=1S/C13H9FN2O2S2/c14-10-3-5-11(6-4-10)16-9-12(8-15)20(17,18)13-2-1-7-19-13/h1-7,9,16H/b12-9+. The van der Waals surface area contributed by atoms with Crippen molar-refractivity contribution < 1.29 is 12.8 Å². The molecule has 0 amide bonds. The summed E-state index contributed by atoms with van der Waals surface area (Å²) in [6, 6.07) is 10.0. The molecule has 0 spiro atoms. The number of hydrogen-bond donors (Lipinski definition) is 1. The predicted octanol–water partition coefficient (Wildman–Crippen LogP) is 3.14. The lowest BCUT2D eigenvalue weighted by Crippen LogP contribution is -2.03. The summed E-state index contributed by atoms with van der Waals surface area (Å²) in [5.41, 5.74) is 0.487. The molecule has 4 nitrogen and oxygen atoms in total. The van der Waals surface area contributed by atoms with Crippen LogP contribution in [0, 0.1) is 17.1 Å². The maximum atomic E-state index is 12.7. The van der Waals surface area contributed by atoms with Gasteiger partial charge in [0, 0.05) is 11.9 Å². The molecule has 2 rings (SSSR count). The van der Waals surface area contributed by atoms with Crippen LogP contribution in [0.15, 0.2) is 57.1 Å². The number of thiophene rings is 1. The third-order valence-corrected chi connectivity index (χ3v) is 5.44. The van der Waals surface area contributed by atoms with Crippen LogP contribution >= 0.6 is 11.3 Å². The minimum Gasteiger partial charge on any atom is -0.360 e. The molecule has 20 heavy (non-hydrogen) atoms. The molecular formula is C13H9FN2O2S2. The van der Waals surface area contributed by atoms with Gasteiger partial charge in [-0.25, -0.2) is 12.8 Å². The van der Waals surface area contributed by atoms with Gasteiger partial charge in [-0.1, -0.05) is 6.07 Å². The molecule has 102 valence electrons. The zero-order valence-electron chi connectivity index (χ0n) is 10.1. The van der Waals surface area contributed by atoms with Gasteiger partial charge < -0.3 is 5.32 Å². The number of rotatable bonds is 4. The van der Waals surface area contributed by atoms with Crippen LogP contribution < -0.4 is 5.32 Å². The maximum absolute atomic E-state index is 12.7. The molecule has 0 saturated carbocycles. The second kappa shape index (κ2) is 5.86. The van der Waals surface area contributed by atoms with E-state index in [0.29, 0.717) is 5.69 Å². The fourth-order valence-electron chi connectivity index (χ4n) is 1.39. The van der Waals surface area contributed by atoms with Gasteiger partial charge in [-0.05, 0) is 35.7 Å². The van der Waals surface area contributed by atoms with Gasteiger partial charge in [0.15, 0.2) is 4.91 Å². The fraction of sp³-hybridized carbons (Fsp3) is 0. The summed E-state index contributed by atoms with van der Waals surface area (Å²) in [7, 11) is -3.80. The second-order valence-electron chi connectivity index (χ2n) is 3.71.